The van der Waals surface area contributed by atoms with Crippen LogP contribution in [-0.4, -0.2) is 34.8 Å². The summed E-state index contributed by atoms with van der Waals surface area (Å²) < 4.78 is 0. The quantitative estimate of drug-likeness (QED) is 0.859. The van der Waals surface area contributed by atoms with Crippen LogP contribution < -0.4 is 0 Å². The molecule has 1 heterocycles. The summed E-state index contributed by atoms with van der Waals surface area (Å²) in [6.07, 6.45) is 0.910. The number of rotatable bonds is 3. The molecule has 1 aliphatic rings. The van der Waals surface area contributed by atoms with Crippen molar-refractivity contribution in [3.63, 3.8) is 0 Å². The van der Waals surface area contributed by atoms with E-state index in [1.165, 1.54) is 0 Å². The first kappa shape index (κ1) is 11.8. The third kappa shape index (κ3) is 2.71. The van der Waals surface area contributed by atoms with E-state index in [0.717, 1.165) is 5.56 Å². The predicted octanol–water partition coefficient (Wildman–Crippen LogP) is 1.48. The van der Waals surface area contributed by atoms with E-state index in [9.17, 15) is 14.7 Å². The Labute approximate surface area is 99.9 Å². The number of hydrogen-bond donors (Lipinski definition) is 1. The molecule has 1 atom stereocenters. The molecule has 1 aliphatic heterocycles. The van der Waals surface area contributed by atoms with Gasteiger partial charge < -0.3 is 5.11 Å². The van der Waals surface area contributed by atoms with Gasteiger partial charge in [0.05, 0.1) is 0 Å². The second kappa shape index (κ2) is 5.10. The van der Waals surface area contributed by atoms with Crippen molar-refractivity contribution in [1.29, 1.82) is 0 Å². The summed E-state index contributed by atoms with van der Waals surface area (Å²) in [5.41, 5.74) is 0.773. The standard InChI is InChI=1S/C13H15NO3/c15-11-6-8-14(9-7-11)12(13(16)17)10-4-2-1-3-5-10/h1-5,12H,6-9H2,(H,16,17). The van der Waals surface area contributed by atoms with Crippen LogP contribution in [0.4, 0.5) is 0 Å². The maximum absolute atomic E-state index is 11.4. The third-order valence-electron chi connectivity index (χ3n) is 3.07. The van der Waals surface area contributed by atoms with Crippen molar-refractivity contribution in [1.82, 2.24) is 4.90 Å². The van der Waals surface area contributed by atoms with Crippen molar-refractivity contribution in [2.24, 2.45) is 0 Å². The van der Waals surface area contributed by atoms with Gasteiger partial charge in [-0.3, -0.25) is 14.5 Å². The van der Waals surface area contributed by atoms with E-state index in [1.54, 1.807) is 0 Å². The number of carbonyl (C=O) groups is 2. The van der Waals surface area contributed by atoms with Crippen LogP contribution in [0, 0.1) is 0 Å². The molecule has 0 spiro atoms. The summed E-state index contributed by atoms with van der Waals surface area (Å²) in [4.78, 5) is 24.4. The first-order chi connectivity index (χ1) is 8.18. The average Bonchev–Trinajstić information content (AvgIpc) is 2.33. The number of piperidine rings is 1. The van der Waals surface area contributed by atoms with Gasteiger partial charge in [-0.2, -0.15) is 0 Å². The highest BCUT2D eigenvalue weighted by Crippen LogP contribution is 2.23. The van der Waals surface area contributed by atoms with Crippen LogP contribution in [0.1, 0.15) is 24.4 Å². The van der Waals surface area contributed by atoms with Crippen molar-refractivity contribution < 1.29 is 14.7 Å². The topological polar surface area (TPSA) is 57.6 Å². The molecule has 1 saturated heterocycles. The number of carboxylic acids is 1. The summed E-state index contributed by atoms with van der Waals surface area (Å²) in [5, 5.41) is 9.32. The Morgan fingerprint density at radius 3 is 2.29 bits per heavy atom. The first-order valence-electron chi connectivity index (χ1n) is 5.72. The molecule has 0 saturated carbocycles. The normalized spacial score (nSPS) is 18.9. The van der Waals surface area contributed by atoms with Crippen LogP contribution in [0.5, 0.6) is 0 Å². The van der Waals surface area contributed by atoms with Gasteiger partial charge in [0.15, 0.2) is 0 Å². The molecule has 0 bridgehead atoms. The highest BCUT2D eigenvalue weighted by Gasteiger charge is 2.29. The van der Waals surface area contributed by atoms with Crippen LogP contribution in [0.2, 0.25) is 0 Å². The van der Waals surface area contributed by atoms with Gasteiger partial charge in [-0.1, -0.05) is 30.3 Å². The number of ketones is 1. The minimum absolute atomic E-state index is 0.221. The highest BCUT2D eigenvalue weighted by atomic mass is 16.4. The van der Waals surface area contributed by atoms with Crippen LogP contribution >= 0.6 is 0 Å². The van der Waals surface area contributed by atoms with E-state index in [4.69, 9.17) is 0 Å². The second-order valence-corrected chi connectivity index (χ2v) is 4.23. The van der Waals surface area contributed by atoms with E-state index < -0.39 is 12.0 Å². The van der Waals surface area contributed by atoms with Crippen molar-refractivity contribution in [3.8, 4) is 0 Å². The lowest BCUT2D eigenvalue weighted by Gasteiger charge is -2.31. The van der Waals surface area contributed by atoms with Crippen LogP contribution in [0.3, 0.4) is 0 Å². The lowest BCUT2D eigenvalue weighted by molar-refractivity contribution is -0.145. The van der Waals surface area contributed by atoms with Gasteiger partial charge in [0.1, 0.15) is 11.8 Å². The Bertz CT molecular complexity index is 406. The summed E-state index contributed by atoms with van der Waals surface area (Å²) in [7, 11) is 0. The van der Waals surface area contributed by atoms with Gasteiger partial charge in [-0.25, -0.2) is 0 Å². The second-order valence-electron chi connectivity index (χ2n) is 4.23. The number of hydrogen-bond acceptors (Lipinski definition) is 3. The van der Waals surface area contributed by atoms with Gasteiger partial charge in [0, 0.05) is 25.9 Å². The number of carboxylic acid groups (broad SMARTS) is 1. The Kier molecular flexibility index (Phi) is 3.54. The minimum Gasteiger partial charge on any atom is -0.480 e. The minimum atomic E-state index is -0.856. The maximum Gasteiger partial charge on any atom is 0.325 e. The highest BCUT2D eigenvalue weighted by molar-refractivity contribution is 5.80. The van der Waals surface area contributed by atoms with Gasteiger partial charge >= 0.3 is 5.97 Å². The number of Topliss-reactive ketones (excluding diaryl/α,β-unsaturated/α-hetero) is 1. The molecule has 0 aliphatic carbocycles. The molecular weight excluding hydrogens is 218 g/mol. The summed E-state index contributed by atoms with van der Waals surface area (Å²) >= 11 is 0. The Balaban J connectivity index is 2.18. The molecule has 1 fully saturated rings. The zero-order valence-electron chi connectivity index (χ0n) is 9.50. The molecule has 4 heteroatoms. The molecule has 1 unspecified atom stereocenters. The number of likely N-dealkylation sites (tertiary alicyclic amines) is 1. The Morgan fingerprint density at radius 2 is 1.76 bits per heavy atom. The smallest absolute Gasteiger partial charge is 0.325 e. The summed E-state index contributed by atoms with van der Waals surface area (Å²) in [6.45, 7) is 1.06. The predicted molar refractivity (Wildman–Crippen MR) is 62.6 cm³/mol. The Morgan fingerprint density at radius 1 is 1.18 bits per heavy atom. The zero-order valence-corrected chi connectivity index (χ0v) is 9.50. The molecule has 1 aromatic carbocycles. The van der Waals surface area contributed by atoms with Gasteiger partial charge in [-0.15, -0.1) is 0 Å². The van der Waals surface area contributed by atoms with E-state index in [2.05, 4.69) is 0 Å². The number of aliphatic carboxylic acids is 1. The van der Waals surface area contributed by atoms with Gasteiger partial charge in [-0.05, 0) is 5.56 Å². The fourth-order valence-electron chi connectivity index (χ4n) is 2.18. The van der Waals surface area contributed by atoms with E-state index in [1.807, 2.05) is 35.2 Å². The van der Waals surface area contributed by atoms with E-state index in [-0.39, 0.29) is 5.78 Å². The van der Waals surface area contributed by atoms with Crippen LogP contribution in [0.25, 0.3) is 0 Å². The maximum atomic E-state index is 11.4. The molecule has 1 aromatic rings. The fraction of sp³-hybridized carbons (Fsp3) is 0.385. The van der Waals surface area contributed by atoms with Crippen molar-refractivity contribution in [2.45, 2.75) is 18.9 Å². The lowest BCUT2D eigenvalue weighted by atomic mass is 10.0. The molecule has 0 aromatic heterocycles. The molecule has 0 amide bonds. The van der Waals surface area contributed by atoms with Gasteiger partial charge in [0.2, 0.25) is 0 Å². The Hall–Kier alpha value is -1.68. The SMILES string of the molecule is O=C1CCN(C(C(=O)O)c2ccccc2)CC1. The summed E-state index contributed by atoms with van der Waals surface area (Å²) in [5.74, 6) is -0.635. The summed E-state index contributed by atoms with van der Waals surface area (Å²) in [6, 6.07) is 8.53. The molecule has 90 valence electrons. The van der Waals surface area contributed by atoms with E-state index in [0.29, 0.717) is 25.9 Å². The van der Waals surface area contributed by atoms with Gasteiger partial charge in [0.25, 0.3) is 0 Å². The lowest BCUT2D eigenvalue weighted by Crippen LogP contribution is -2.40. The first-order valence-corrected chi connectivity index (χ1v) is 5.72. The zero-order chi connectivity index (χ0) is 12.3. The van der Waals surface area contributed by atoms with Crippen molar-refractivity contribution in [2.75, 3.05) is 13.1 Å². The molecule has 17 heavy (non-hydrogen) atoms. The number of benzene rings is 1. The fourth-order valence-corrected chi connectivity index (χ4v) is 2.18. The number of nitrogens with zero attached hydrogens (tertiary/aromatic N) is 1. The monoisotopic (exact) mass is 233 g/mol. The molecule has 0 radical (unpaired) electrons. The third-order valence-corrected chi connectivity index (χ3v) is 3.07. The molecule has 4 nitrogen and oxygen atoms in total. The van der Waals surface area contributed by atoms with E-state index >= 15 is 0 Å². The largest absolute Gasteiger partial charge is 0.480 e. The van der Waals surface area contributed by atoms with Crippen LogP contribution in [-0.2, 0) is 9.59 Å². The average molecular weight is 233 g/mol. The number of carbonyl (C=O) groups excluding carboxylic acids is 1. The van der Waals surface area contributed by atoms with Crippen LogP contribution in [0.15, 0.2) is 30.3 Å². The molecular formula is C13H15NO3. The van der Waals surface area contributed by atoms with Crippen molar-refractivity contribution >= 4 is 11.8 Å². The van der Waals surface area contributed by atoms with Crippen molar-refractivity contribution in [3.05, 3.63) is 35.9 Å². The molecule has 2 rings (SSSR count). The molecule has 1 N–H and O–H groups in total.